The van der Waals surface area contributed by atoms with Crippen molar-refractivity contribution < 1.29 is 14.7 Å². The fraction of sp³-hybridized carbons (Fsp3) is 0.222. The molecule has 0 saturated heterocycles. The van der Waals surface area contributed by atoms with E-state index in [0.29, 0.717) is 29.7 Å². The molecule has 4 nitrogen and oxygen atoms in total. The van der Waals surface area contributed by atoms with Crippen LogP contribution in [0.2, 0.25) is 0 Å². The van der Waals surface area contributed by atoms with E-state index in [0.717, 1.165) is 10.0 Å². The minimum atomic E-state index is -1.82. The van der Waals surface area contributed by atoms with Crippen molar-refractivity contribution in [2.75, 3.05) is 5.32 Å². The highest BCUT2D eigenvalue weighted by Gasteiger charge is 2.54. The fourth-order valence-corrected chi connectivity index (χ4v) is 3.98. The largest absolute Gasteiger partial charge is 0.375 e. The van der Waals surface area contributed by atoms with Crippen LogP contribution in [-0.4, -0.2) is 16.8 Å². The number of rotatable bonds is 1. The Bertz CT molecular complexity index is 848. The first-order chi connectivity index (χ1) is 11.0. The Morgan fingerprint density at radius 1 is 1.17 bits per heavy atom. The van der Waals surface area contributed by atoms with E-state index >= 15 is 0 Å². The molecule has 1 aliphatic heterocycles. The Hall–Kier alpha value is -1.98. The van der Waals surface area contributed by atoms with Crippen LogP contribution in [-0.2, 0) is 16.8 Å². The molecule has 2 aromatic carbocycles. The molecule has 0 fully saturated rings. The molecule has 1 aliphatic carbocycles. The van der Waals surface area contributed by atoms with Gasteiger partial charge in [-0.2, -0.15) is 0 Å². The third-order valence-corrected chi connectivity index (χ3v) is 5.29. The van der Waals surface area contributed by atoms with Gasteiger partial charge in [0.15, 0.2) is 11.4 Å². The predicted octanol–water partition coefficient (Wildman–Crippen LogP) is 3.03. The highest BCUT2D eigenvalue weighted by molar-refractivity contribution is 9.10. The first-order valence-corrected chi connectivity index (χ1v) is 8.27. The number of aliphatic hydroxyl groups is 1. The predicted molar refractivity (Wildman–Crippen MR) is 89.3 cm³/mol. The van der Waals surface area contributed by atoms with Gasteiger partial charge in [-0.05, 0) is 36.6 Å². The zero-order valence-electron chi connectivity index (χ0n) is 12.2. The van der Waals surface area contributed by atoms with Gasteiger partial charge in [0.1, 0.15) is 0 Å². The number of benzene rings is 2. The van der Waals surface area contributed by atoms with Gasteiger partial charge in [-0.3, -0.25) is 9.59 Å². The van der Waals surface area contributed by atoms with Crippen molar-refractivity contribution >= 4 is 33.3 Å². The number of amides is 1. The summed E-state index contributed by atoms with van der Waals surface area (Å²) in [4.78, 5) is 25.4. The minimum absolute atomic E-state index is 0.169. The number of nitrogens with one attached hydrogen (secondary N) is 1. The monoisotopic (exact) mass is 371 g/mol. The van der Waals surface area contributed by atoms with Crippen molar-refractivity contribution in [1.29, 1.82) is 0 Å². The molecule has 0 spiro atoms. The lowest BCUT2D eigenvalue weighted by molar-refractivity contribution is -0.138. The summed E-state index contributed by atoms with van der Waals surface area (Å²) in [6.07, 6.45) is 1.12. The molecule has 0 unspecified atom stereocenters. The number of ketones is 1. The van der Waals surface area contributed by atoms with Gasteiger partial charge in [-0.25, -0.2) is 0 Å². The normalized spacial score (nSPS) is 25.7. The maximum absolute atomic E-state index is 12.9. The molecule has 4 rings (SSSR count). The highest BCUT2D eigenvalue weighted by atomic mass is 79.9. The van der Waals surface area contributed by atoms with Crippen LogP contribution >= 0.6 is 15.9 Å². The van der Waals surface area contributed by atoms with E-state index in [-0.39, 0.29) is 5.78 Å². The van der Waals surface area contributed by atoms with Crippen LogP contribution in [0, 0.1) is 5.92 Å². The molecule has 2 aromatic rings. The lowest BCUT2D eigenvalue weighted by atomic mass is 9.71. The molecular formula is C18H14BrNO3. The summed E-state index contributed by atoms with van der Waals surface area (Å²) in [6.45, 7) is 0. The van der Waals surface area contributed by atoms with Crippen molar-refractivity contribution in [3.05, 3.63) is 63.6 Å². The van der Waals surface area contributed by atoms with Crippen LogP contribution in [0.3, 0.4) is 0 Å². The van der Waals surface area contributed by atoms with Gasteiger partial charge in [0.25, 0.3) is 5.91 Å². The van der Waals surface area contributed by atoms with Crippen LogP contribution in [0.15, 0.2) is 46.9 Å². The Kier molecular flexibility index (Phi) is 3.18. The first-order valence-electron chi connectivity index (χ1n) is 7.48. The number of fused-ring (bicyclic) bond motifs is 2. The van der Waals surface area contributed by atoms with Gasteiger partial charge in [0.05, 0.1) is 5.92 Å². The second-order valence-corrected chi connectivity index (χ2v) is 6.94. The van der Waals surface area contributed by atoms with Crippen LogP contribution in [0.5, 0.6) is 0 Å². The van der Waals surface area contributed by atoms with Crippen LogP contribution in [0.4, 0.5) is 5.69 Å². The van der Waals surface area contributed by atoms with E-state index < -0.39 is 17.4 Å². The summed E-state index contributed by atoms with van der Waals surface area (Å²) in [6, 6.07) is 12.6. The molecule has 2 atom stereocenters. The zero-order chi connectivity index (χ0) is 16.2. The third-order valence-electron chi connectivity index (χ3n) is 4.79. The highest BCUT2D eigenvalue weighted by Crippen LogP contribution is 2.46. The minimum Gasteiger partial charge on any atom is -0.375 e. The Labute approximate surface area is 141 Å². The van der Waals surface area contributed by atoms with E-state index in [9.17, 15) is 14.7 Å². The summed E-state index contributed by atoms with van der Waals surface area (Å²) < 4.78 is 0.759. The first kappa shape index (κ1) is 14.6. The number of carbonyl (C=O) groups is 2. The van der Waals surface area contributed by atoms with E-state index in [1.807, 2.05) is 18.2 Å². The molecule has 0 radical (unpaired) electrons. The van der Waals surface area contributed by atoms with Crippen LogP contribution < -0.4 is 5.32 Å². The molecule has 1 heterocycles. The molecule has 0 saturated carbocycles. The lowest BCUT2D eigenvalue weighted by Crippen LogP contribution is -2.47. The number of halogens is 1. The van der Waals surface area contributed by atoms with E-state index in [1.165, 1.54) is 0 Å². The molecule has 1 amide bonds. The Morgan fingerprint density at radius 3 is 2.78 bits per heavy atom. The Balaban J connectivity index is 1.84. The van der Waals surface area contributed by atoms with E-state index in [1.54, 1.807) is 24.3 Å². The quantitative estimate of drug-likeness (QED) is 0.809. The summed E-state index contributed by atoms with van der Waals surface area (Å²) in [5.74, 6) is -1.46. The van der Waals surface area contributed by atoms with Gasteiger partial charge in [-0.1, -0.05) is 40.2 Å². The zero-order valence-corrected chi connectivity index (χ0v) is 13.8. The van der Waals surface area contributed by atoms with Gasteiger partial charge >= 0.3 is 0 Å². The van der Waals surface area contributed by atoms with Gasteiger partial charge in [-0.15, -0.1) is 0 Å². The van der Waals surface area contributed by atoms with Gasteiger partial charge < -0.3 is 10.4 Å². The fourth-order valence-electron chi connectivity index (χ4n) is 3.62. The second-order valence-electron chi connectivity index (χ2n) is 6.02. The number of carbonyl (C=O) groups excluding carboxylic acids is 2. The molecule has 0 bridgehead atoms. The van der Waals surface area contributed by atoms with E-state index in [2.05, 4.69) is 21.2 Å². The molecule has 116 valence electrons. The lowest BCUT2D eigenvalue weighted by Gasteiger charge is -2.33. The summed E-state index contributed by atoms with van der Waals surface area (Å²) >= 11 is 3.37. The van der Waals surface area contributed by atoms with Gasteiger partial charge in [0, 0.05) is 21.3 Å². The summed E-state index contributed by atoms with van der Waals surface area (Å²) in [5.41, 5.74) is 0.796. The van der Waals surface area contributed by atoms with Crippen LogP contribution in [0.1, 0.15) is 27.9 Å². The van der Waals surface area contributed by atoms with Crippen molar-refractivity contribution in [2.24, 2.45) is 5.92 Å². The van der Waals surface area contributed by atoms with Crippen molar-refractivity contribution in [3.63, 3.8) is 0 Å². The third kappa shape index (κ3) is 2.00. The maximum Gasteiger partial charge on any atom is 0.261 e. The summed E-state index contributed by atoms with van der Waals surface area (Å²) in [7, 11) is 0. The summed E-state index contributed by atoms with van der Waals surface area (Å²) in [5, 5.41) is 13.9. The molecule has 23 heavy (non-hydrogen) atoms. The second kappa shape index (κ2) is 5.01. The number of hydrogen-bond donors (Lipinski definition) is 2. The topological polar surface area (TPSA) is 66.4 Å². The molecule has 2 N–H and O–H groups in total. The number of aryl methyl sites for hydroxylation is 1. The van der Waals surface area contributed by atoms with Crippen molar-refractivity contribution in [1.82, 2.24) is 0 Å². The van der Waals surface area contributed by atoms with Crippen LogP contribution in [0.25, 0.3) is 0 Å². The average Bonchev–Trinajstić information content (AvgIpc) is 2.80. The number of Topliss-reactive ketones (excluding diaryl/α,β-unsaturated/α-hetero) is 1. The maximum atomic E-state index is 12.9. The smallest absolute Gasteiger partial charge is 0.261 e. The Morgan fingerprint density at radius 2 is 1.96 bits per heavy atom. The molecule has 2 aliphatic rings. The SMILES string of the molecule is O=C1c2ccccc2CC[C@H]1[C@]1(O)C(=O)Nc2ccc(Br)cc21. The standard InChI is InChI=1S/C18H14BrNO3/c19-11-6-8-15-14(9-11)18(23,17(22)20-15)13-7-5-10-3-1-2-4-12(10)16(13)21/h1-4,6,8-9,13,23H,5,7H2,(H,20,22)/t13-,18-/m1/s1. The van der Waals surface area contributed by atoms with Crippen molar-refractivity contribution in [3.8, 4) is 0 Å². The number of hydrogen-bond acceptors (Lipinski definition) is 3. The molecule has 0 aromatic heterocycles. The van der Waals surface area contributed by atoms with Crippen molar-refractivity contribution in [2.45, 2.75) is 18.4 Å². The number of anilines is 1. The van der Waals surface area contributed by atoms with E-state index in [4.69, 9.17) is 0 Å². The van der Waals surface area contributed by atoms with Gasteiger partial charge in [0.2, 0.25) is 0 Å². The molecular weight excluding hydrogens is 358 g/mol. The average molecular weight is 372 g/mol. The molecule has 5 heteroatoms.